The van der Waals surface area contributed by atoms with Crippen molar-refractivity contribution in [2.75, 3.05) is 11.9 Å². The van der Waals surface area contributed by atoms with Gasteiger partial charge in [0.05, 0.1) is 15.7 Å². The Morgan fingerprint density at radius 3 is 2.73 bits per heavy atom. The zero-order valence-corrected chi connectivity index (χ0v) is 16.5. The molecule has 0 aliphatic rings. The number of halogens is 4. The molecule has 0 fully saturated rings. The van der Waals surface area contributed by atoms with Crippen LogP contribution in [0.15, 0.2) is 40.9 Å². The van der Waals surface area contributed by atoms with Gasteiger partial charge in [0.2, 0.25) is 0 Å². The molecular weight excluding hydrogens is 446 g/mol. The predicted octanol–water partition coefficient (Wildman–Crippen LogP) is 5.77. The van der Waals surface area contributed by atoms with Crippen LogP contribution in [-0.2, 0) is 4.79 Å². The molecule has 2 aromatic carbocycles. The number of aromatic nitrogens is 1. The maximum absolute atomic E-state index is 13.8. The SMILES string of the molecule is Cc1ccc2c(Cl)cc(Cl)c(OCC(=O)Nc3ccc(Br)cc3F)c2n1. The van der Waals surface area contributed by atoms with Crippen molar-refractivity contribution in [2.45, 2.75) is 6.92 Å². The number of carbonyl (C=O) groups is 1. The maximum atomic E-state index is 13.8. The quantitative estimate of drug-likeness (QED) is 0.541. The molecular formula is C18H12BrCl2FN2O2. The summed E-state index contributed by atoms with van der Waals surface area (Å²) in [5, 5.41) is 3.79. The van der Waals surface area contributed by atoms with E-state index in [0.717, 1.165) is 5.69 Å². The van der Waals surface area contributed by atoms with E-state index in [1.807, 2.05) is 13.0 Å². The van der Waals surface area contributed by atoms with Crippen LogP contribution in [0.3, 0.4) is 0 Å². The summed E-state index contributed by atoms with van der Waals surface area (Å²) in [5.41, 5.74) is 1.27. The number of carbonyl (C=O) groups excluding carboxylic acids is 1. The Morgan fingerprint density at radius 1 is 1.23 bits per heavy atom. The minimum Gasteiger partial charge on any atom is -0.480 e. The average Bonchev–Trinajstić information content (AvgIpc) is 2.57. The van der Waals surface area contributed by atoms with Crippen LogP contribution in [0, 0.1) is 12.7 Å². The van der Waals surface area contributed by atoms with Gasteiger partial charge in [-0.05, 0) is 43.3 Å². The first-order chi connectivity index (χ1) is 12.3. The molecule has 1 N–H and O–H groups in total. The van der Waals surface area contributed by atoms with E-state index in [2.05, 4.69) is 26.2 Å². The monoisotopic (exact) mass is 456 g/mol. The van der Waals surface area contributed by atoms with Gasteiger partial charge in [-0.25, -0.2) is 9.37 Å². The number of pyridine rings is 1. The lowest BCUT2D eigenvalue weighted by molar-refractivity contribution is -0.118. The van der Waals surface area contributed by atoms with E-state index in [0.29, 0.717) is 20.4 Å². The molecule has 1 aromatic heterocycles. The second-order valence-electron chi connectivity index (χ2n) is 5.48. The summed E-state index contributed by atoms with van der Waals surface area (Å²) in [7, 11) is 0. The fraction of sp³-hybridized carbons (Fsp3) is 0.111. The van der Waals surface area contributed by atoms with E-state index in [1.54, 1.807) is 12.1 Å². The van der Waals surface area contributed by atoms with E-state index < -0.39 is 11.7 Å². The van der Waals surface area contributed by atoms with Crippen LogP contribution in [0.5, 0.6) is 5.75 Å². The van der Waals surface area contributed by atoms with Crippen molar-refractivity contribution in [3.63, 3.8) is 0 Å². The maximum Gasteiger partial charge on any atom is 0.262 e. The fourth-order valence-electron chi connectivity index (χ4n) is 2.34. The summed E-state index contributed by atoms with van der Waals surface area (Å²) < 4.78 is 19.9. The largest absolute Gasteiger partial charge is 0.480 e. The molecule has 3 aromatic rings. The number of rotatable bonds is 4. The van der Waals surface area contributed by atoms with Gasteiger partial charge < -0.3 is 10.1 Å². The van der Waals surface area contributed by atoms with Crippen molar-refractivity contribution < 1.29 is 13.9 Å². The number of benzene rings is 2. The smallest absolute Gasteiger partial charge is 0.262 e. The average molecular weight is 458 g/mol. The predicted molar refractivity (Wildman–Crippen MR) is 105 cm³/mol. The molecule has 134 valence electrons. The van der Waals surface area contributed by atoms with Gasteiger partial charge in [-0.3, -0.25) is 4.79 Å². The van der Waals surface area contributed by atoms with Gasteiger partial charge in [0, 0.05) is 15.6 Å². The lowest BCUT2D eigenvalue weighted by atomic mass is 10.2. The summed E-state index contributed by atoms with van der Waals surface area (Å²) in [6.07, 6.45) is 0. The third kappa shape index (κ3) is 4.09. The summed E-state index contributed by atoms with van der Waals surface area (Å²) in [6.45, 7) is 1.46. The van der Waals surface area contributed by atoms with E-state index >= 15 is 0 Å². The molecule has 26 heavy (non-hydrogen) atoms. The minimum absolute atomic E-state index is 0.0582. The van der Waals surface area contributed by atoms with Gasteiger partial charge in [-0.15, -0.1) is 0 Å². The molecule has 3 rings (SSSR count). The number of anilines is 1. The number of amides is 1. The van der Waals surface area contributed by atoms with Crippen molar-refractivity contribution in [3.05, 3.63) is 62.4 Å². The molecule has 0 aliphatic heterocycles. The van der Waals surface area contributed by atoms with Crippen LogP contribution in [0.25, 0.3) is 10.9 Å². The van der Waals surface area contributed by atoms with Crippen molar-refractivity contribution in [2.24, 2.45) is 0 Å². The van der Waals surface area contributed by atoms with E-state index in [4.69, 9.17) is 27.9 Å². The Kier molecular flexibility index (Phi) is 5.65. The number of fused-ring (bicyclic) bond motifs is 1. The summed E-state index contributed by atoms with van der Waals surface area (Å²) in [5.74, 6) is -0.834. The van der Waals surface area contributed by atoms with E-state index in [-0.39, 0.29) is 23.1 Å². The van der Waals surface area contributed by atoms with Gasteiger partial charge >= 0.3 is 0 Å². The molecule has 0 unspecified atom stereocenters. The van der Waals surface area contributed by atoms with Crippen molar-refractivity contribution in [3.8, 4) is 5.75 Å². The van der Waals surface area contributed by atoms with E-state index in [9.17, 15) is 9.18 Å². The molecule has 0 radical (unpaired) electrons. The number of nitrogens with zero attached hydrogens (tertiary/aromatic N) is 1. The molecule has 0 bridgehead atoms. The molecule has 0 spiro atoms. The van der Waals surface area contributed by atoms with Gasteiger partial charge in [0.25, 0.3) is 5.91 Å². The normalized spacial score (nSPS) is 10.8. The third-order valence-corrected chi connectivity index (χ3v) is 4.62. The zero-order valence-electron chi connectivity index (χ0n) is 13.4. The highest BCUT2D eigenvalue weighted by Gasteiger charge is 2.15. The van der Waals surface area contributed by atoms with Crippen LogP contribution in [-0.4, -0.2) is 17.5 Å². The van der Waals surface area contributed by atoms with Gasteiger partial charge in [-0.1, -0.05) is 39.1 Å². The lowest BCUT2D eigenvalue weighted by Gasteiger charge is -2.12. The Balaban J connectivity index is 1.81. The van der Waals surface area contributed by atoms with Crippen molar-refractivity contribution in [1.29, 1.82) is 0 Å². The van der Waals surface area contributed by atoms with E-state index in [1.165, 1.54) is 18.2 Å². The van der Waals surface area contributed by atoms with Gasteiger partial charge in [0.15, 0.2) is 12.4 Å². The zero-order chi connectivity index (χ0) is 18.8. The first-order valence-corrected chi connectivity index (χ1v) is 9.03. The Morgan fingerprint density at radius 2 is 2.00 bits per heavy atom. The lowest BCUT2D eigenvalue weighted by Crippen LogP contribution is -2.21. The standard InChI is InChI=1S/C18H12BrCl2FN2O2/c1-9-2-4-11-12(20)7-13(21)18(17(11)23-9)26-8-16(25)24-15-5-3-10(19)6-14(15)22/h2-7H,8H2,1H3,(H,24,25). The summed E-state index contributed by atoms with van der Waals surface area (Å²) in [6, 6.07) is 9.48. The van der Waals surface area contributed by atoms with Crippen molar-refractivity contribution >= 4 is 61.6 Å². The molecule has 4 nitrogen and oxygen atoms in total. The van der Waals surface area contributed by atoms with Crippen LogP contribution in [0.2, 0.25) is 10.0 Å². The van der Waals surface area contributed by atoms with Crippen LogP contribution in [0.4, 0.5) is 10.1 Å². The summed E-state index contributed by atoms with van der Waals surface area (Å²) in [4.78, 5) is 16.5. The first kappa shape index (κ1) is 18.9. The number of hydrogen-bond donors (Lipinski definition) is 1. The Labute approximate surface area is 167 Å². The molecule has 1 amide bonds. The first-order valence-electron chi connectivity index (χ1n) is 7.48. The molecule has 0 saturated heterocycles. The van der Waals surface area contributed by atoms with Crippen molar-refractivity contribution in [1.82, 2.24) is 4.98 Å². The third-order valence-electron chi connectivity index (χ3n) is 3.53. The highest BCUT2D eigenvalue weighted by atomic mass is 79.9. The second kappa shape index (κ2) is 7.78. The number of aryl methyl sites for hydroxylation is 1. The van der Waals surface area contributed by atoms with Crippen LogP contribution in [0.1, 0.15) is 5.69 Å². The molecule has 8 heteroatoms. The molecule has 1 heterocycles. The minimum atomic E-state index is -0.556. The number of nitrogens with one attached hydrogen (secondary N) is 1. The second-order valence-corrected chi connectivity index (χ2v) is 7.21. The highest BCUT2D eigenvalue weighted by molar-refractivity contribution is 9.10. The molecule has 0 aliphatic carbocycles. The molecule has 0 atom stereocenters. The molecule has 0 saturated carbocycles. The number of hydrogen-bond acceptors (Lipinski definition) is 3. The van der Waals surface area contributed by atoms with Gasteiger partial charge in [0.1, 0.15) is 11.3 Å². The highest BCUT2D eigenvalue weighted by Crippen LogP contribution is 2.37. The van der Waals surface area contributed by atoms with Crippen LogP contribution >= 0.6 is 39.1 Å². The Hall–Kier alpha value is -1.89. The summed E-state index contributed by atoms with van der Waals surface area (Å²) >= 11 is 15.5. The number of ether oxygens (including phenoxy) is 1. The van der Waals surface area contributed by atoms with Crippen LogP contribution < -0.4 is 10.1 Å². The fourth-order valence-corrected chi connectivity index (χ4v) is 3.25. The Bertz CT molecular complexity index is 1010. The van der Waals surface area contributed by atoms with Gasteiger partial charge in [-0.2, -0.15) is 0 Å². The topological polar surface area (TPSA) is 51.2 Å².